The molecule has 0 aliphatic carbocycles. The normalized spacial score (nSPS) is 14.0. The Labute approximate surface area is 86.0 Å². The molecule has 2 nitrogen and oxygen atoms in total. The summed E-state index contributed by atoms with van der Waals surface area (Å²) in [6, 6.07) is 10.4. The molecule has 2 heteroatoms. The topological polar surface area (TPSA) is 32.3 Å². The molecule has 0 radical (unpaired) electrons. The molecule has 0 aromatic heterocycles. The minimum Gasteiger partial charge on any atom is -0.376 e. The average Bonchev–Trinajstić information content (AvgIpc) is 2.14. The van der Waals surface area contributed by atoms with Gasteiger partial charge in [0.2, 0.25) is 0 Å². The zero-order valence-electron chi connectivity index (χ0n) is 9.12. The average molecular weight is 193 g/mol. The Morgan fingerprint density at radius 3 is 2.29 bits per heavy atom. The van der Waals surface area contributed by atoms with E-state index in [9.17, 15) is 5.11 Å². The molecule has 78 valence electrons. The first-order chi connectivity index (χ1) is 6.53. The summed E-state index contributed by atoms with van der Waals surface area (Å²) in [5, 5.41) is 12.8. The van der Waals surface area contributed by atoms with Crippen LogP contribution in [-0.2, 0) is 0 Å². The molecule has 0 aliphatic rings. The van der Waals surface area contributed by atoms with Crippen molar-refractivity contribution in [1.29, 1.82) is 0 Å². The summed E-state index contributed by atoms with van der Waals surface area (Å²) in [4.78, 5) is 0. The molecule has 1 aromatic carbocycles. The van der Waals surface area contributed by atoms with Crippen molar-refractivity contribution in [3.8, 4) is 0 Å². The maximum atomic E-state index is 9.67. The first kappa shape index (κ1) is 11.2. The van der Waals surface area contributed by atoms with Crippen molar-refractivity contribution in [3.63, 3.8) is 0 Å². The zero-order valence-corrected chi connectivity index (χ0v) is 9.12. The third-order valence-electron chi connectivity index (χ3n) is 2.14. The molecular weight excluding hydrogens is 174 g/mol. The molecule has 1 rings (SSSR count). The molecule has 0 heterocycles. The van der Waals surface area contributed by atoms with Gasteiger partial charge in [-0.2, -0.15) is 0 Å². The van der Waals surface area contributed by atoms with Gasteiger partial charge in [0.1, 0.15) is 5.72 Å². The highest BCUT2D eigenvalue weighted by atomic mass is 16.3. The van der Waals surface area contributed by atoms with Crippen LogP contribution in [0.25, 0.3) is 0 Å². The number of rotatable bonds is 4. The van der Waals surface area contributed by atoms with Crippen molar-refractivity contribution < 1.29 is 5.11 Å². The third-order valence-corrected chi connectivity index (χ3v) is 2.14. The fourth-order valence-electron chi connectivity index (χ4n) is 1.53. The van der Waals surface area contributed by atoms with E-state index in [0.717, 1.165) is 6.42 Å². The molecule has 2 N–H and O–H groups in total. The van der Waals surface area contributed by atoms with Crippen LogP contribution in [0.4, 0.5) is 0 Å². The van der Waals surface area contributed by atoms with E-state index in [1.54, 1.807) is 13.8 Å². The predicted octanol–water partition coefficient (Wildman–Crippen LogP) is 2.46. The van der Waals surface area contributed by atoms with Gasteiger partial charge in [-0.15, -0.1) is 0 Å². The van der Waals surface area contributed by atoms with Gasteiger partial charge in [0.05, 0.1) is 0 Å². The van der Waals surface area contributed by atoms with Gasteiger partial charge in [-0.05, 0) is 25.8 Å². The Bertz CT molecular complexity index is 263. The number of benzene rings is 1. The SMILES string of the molecule is CCC(NC(C)(C)O)c1ccccc1. The lowest BCUT2D eigenvalue weighted by Gasteiger charge is -2.26. The van der Waals surface area contributed by atoms with Crippen molar-refractivity contribution in [1.82, 2.24) is 5.32 Å². The van der Waals surface area contributed by atoms with Crippen LogP contribution < -0.4 is 5.32 Å². The highest BCUT2D eigenvalue weighted by Gasteiger charge is 2.18. The van der Waals surface area contributed by atoms with E-state index in [1.807, 2.05) is 18.2 Å². The van der Waals surface area contributed by atoms with E-state index in [2.05, 4.69) is 24.4 Å². The van der Waals surface area contributed by atoms with Gasteiger partial charge < -0.3 is 5.11 Å². The second-order valence-electron chi connectivity index (χ2n) is 4.07. The van der Waals surface area contributed by atoms with Crippen LogP contribution >= 0.6 is 0 Å². The quantitative estimate of drug-likeness (QED) is 0.720. The lowest BCUT2D eigenvalue weighted by Crippen LogP contribution is -2.41. The van der Waals surface area contributed by atoms with Crippen LogP contribution in [-0.4, -0.2) is 10.8 Å². The standard InChI is InChI=1S/C12H19NO/c1-4-11(13-12(2,3)14)10-8-6-5-7-9-10/h5-9,11,13-14H,4H2,1-3H3. The second-order valence-corrected chi connectivity index (χ2v) is 4.07. The summed E-state index contributed by atoms with van der Waals surface area (Å²) in [6.45, 7) is 5.63. The van der Waals surface area contributed by atoms with Crippen molar-refractivity contribution in [2.75, 3.05) is 0 Å². The van der Waals surface area contributed by atoms with Gasteiger partial charge >= 0.3 is 0 Å². The third kappa shape index (κ3) is 3.48. The van der Waals surface area contributed by atoms with Crippen molar-refractivity contribution in [2.45, 2.75) is 39.0 Å². The Morgan fingerprint density at radius 1 is 1.29 bits per heavy atom. The molecule has 14 heavy (non-hydrogen) atoms. The number of hydrogen-bond acceptors (Lipinski definition) is 2. The molecule has 0 saturated heterocycles. The number of aliphatic hydroxyl groups is 1. The summed E-state index contributed by atoms with van der Waals surface area (Å²) in [6.07, 6.45) is 0.966. The molecule has 0 aliphatic heterocycles. The minimum absolute atomic E-state index is 0.219. The van der Waals surface area contributed by atoms with E-state index in [0.29, 0.717) is 0 Å². The summed E-state index contributed by atoms with van der Waals surface area (Å²) in [5.74, 6) is 0. The van der Waals surface area contributed by atoms with Crippen LogP contribution in [0.15, 0.2) is 30.3 Å². The van der Waals surface area contributed by atoms with E-state index >= 15 is 0 Å². The van der Waals surface area contributed by atoms with Crippen LogP contribution in [0.5, 0.6) is 0 Å². The molecule has 0 amide bonds. The van der Waals surface area contributed by atoms with Crippen LogP contribution in [0.3, 0.4) is 0 Å². The maximum Gasteiger partial charge on any atom is 0.110 e. The summed E-state index contributed by atoms with van der Waals surface area (Å²) in [5.41, 5.74) is 0.397. The van der Waals surface area contributed by atoms with Gasteiger partial charge in [-0.25, -0.2) is 0 Å². The molecule has 0 saturated carbocycles. The van der Waals surface area contributed by atoms with Crippen LogP contribution in [0.1, 0.15) is 38.8 Å². The number of nitrogens with one attached hydrogen (secondary N) is 1. The summed E-state index contributed by atoms with van der Waals surface area (Å²) in [7, 11) is 0. The Balaban J connectivity index is 2.73. The largest absolute Gasteiger partial charge is 0.376 e. The van der Waals surface area contributed by atoms with Crippen molar-refractivity contribution in [3.05, 3.63) is 35.9 Å². The fraction of sp³-hybridized carbons (Fsp3) is 0.500. The molecule has 0 bridgehead atoms. The Hall–Kier alpha value is -0.860. The molecule has 1 aromatic rings. The first-order valence-electron chi connectivity index (χ1n) is 5.08. The second kappa shape index (κ2) is 4.58. The minimum atomic E-state index is -0.823. The molecule has 0 spiro atoms. The van der Waals surface area contributed by atoms with Crippen LogP contribution in [0.2, 0.25) is 0 Å². The van der Waals surface area contributed by atoms with Gasteiger partial charge in [-0.1, -0.05) is 37.3 Å². The monoisotopic (exact) mass is 193 g/mol. The molecule has 1 unspecified atom stereocenters. The van der Waals surface area contributed by atoms with E-state index < -0.39 is 5.72 Å². The van der Waals surface area contributed by atoms with E-state index in [4.69, 9.17) is 0 Å². The highest BCUT2D eigenvalue weighted by Crippen LogP contribution is 2.18. The highest BCUT2D eigenvalue weighted by molar-refractivity contribution is 5.18. The molecule has 1 atom stereocenters. The number of hydrogen-bond donors (Lipinski definition) is 2. The first-order valence-corrected chi connectivity index (χ1v) is 5.08. The lowest BCUT2D eigenvalue weighted by atomic mass is 10.0. The summed E-state index contributed by atoms with van der Waals surface area (Å²) >= 11 is 0. The predicted molar refractivity (Wildman–Crippen MR) is 58.9 cm³/mol. The van der Waals surface area contributed by atoms with Gasteiger partial charge in [-0.3, -0.25) is 5.32 Å². The van der Waals surface area contributed by atoms with Gasteiger partial charge in [0.15, 0.2) is 0 Å². The Morgan fingerprint density at radius 2 is 1.86 bits per heavy atom. The smallest absolute Gasteiger partial charge is 0.110 e. The van der Waals surface area contributed by atoms with E-state index in [1.165, 1.54) is 5.56 Å². The Kier molecular flexibility index (Phi) is 3.67. The molecule has 0 fully saturated rings. The maximum absolute atomic E-state index is 9.67. The van der Waals surface area contributed by atoms with Gasteiger partial charge in [0.25, 0.3) is 0 Å². The lowest BCUT2D eigenvalue weighted by molar-refractivity contribution is 0.0300. The summed E-state index contributed by atoms with van der Waals surface area (Å²) < 4.78 is 0. The van der Waals surface area contributed by atoms with Crippen LogP contribution in [0, 0.1) is 0 Å². The van der Waals surface area contributed by atoms with Crippen molar-refractivity contribution >= 4 is 0 Å². The fourth-order valence-corrected chi connectivity index (χ4v) is 1.53. The van der Waals surface area contributed by atoms with Crippen molar-refractivity contribution in [2.24, 2.45) is 0 Å². The zero-order chi connectivity index (χ0) is 10.6. The molecular formula is C12H19NO. The van der Waals surface area contributed by atoms with E-state index in [-0.39, 0.29) is 6.04 Å². The van der Waals surface area contributed by atoms with Gasteiger partial charge in [0, 0.05) is 6.04 Å².